The van der Waals surface area contributed by atoms with Crippen molar-refractivity contribution in [3.05, 3.63) is 70.8 Å². The lowest BCUT2D eigenvalue weighted by molar-refractivity contribution is 0.242. The van der Waals surface area contributed by atoms with E-state index in [1.807, 2.05) is 6.07 Å². The van der Waals surface area contributed by atoms with Gasteiger partial charge in [0.05, 0.1) is 0 Å². The fourth-order valence-electron chi connectivity index (χ4n) is 2.55. The summed E-state index contributed by atoms with van der Waals surface area (Å²) >= 11 is 0. The average molecular weight is 268 g/mol. The second-order valence-electron chi connectivity index (χ2n) is 5.50. The Morgan fingerprint density at radius 2 is 1.70 bits per heavy atom. The Labute approximate surface area is 122 Å². The normalized spacial score (nSPS) is 12.7. The molecule has 0 aliphatic rings. The van der Waals surface area contributed by atoms with Gasteiger partial charge in [-0.05, 0) is 43.1 Å². The molecule has 2 heteroatoms. The van der Waals surface area contributed by atoms with Crippen LogP contribution in [0.4, 0.5) is 0 Å². The molecule has 0 spiro atoms. The molecule has 1 atom stereocenters. The van der Waals surface area contributed by atoms with Gasteiger partial charge in [0.2, 0.25) is 0 Å². The lowest BCUT2D eigenvalue weighted by atomic mass is 10.0. The van der Waals surface area contributed by atoms with Gasteiger partial charge in [-0.25, -0.2) is 0 Å². The summed E-state index contributed by atoms with van der Waals surface area (Å²) in [5.41, 5.74) is 11.3. The smallest absolute Gasteiger partial charge is 0.0470 e. The molecule has 2 rings (SSSR count). The summed E-state index contributed by atoms with van der Waals surface area (Å²) < 4.78 is 0. The third-order valence-electron chi connectivity index (χ3n) is 3.94. The van der Waals surface area contributed by atoms with Gasteiger partial charge >= 0.3 is 0 Å². The Balaban J connectivity index is 2.13. The van der Waals surface area contributed by atoms with Crippen LogP contribution >= 0.6 is 0 Å². The minimum Gasteiger partial charge on any atom is -0.329 e. The summed E-state index contributed by atoms with van der Waals surface area (Å²) in [6, 6.07) is 17.4. The van der Waals surface area contributed by atoms with E-state index in [0.29, 0.717) is 6.54 Å². The SMILES string of the molecule is Cc1ccc(CN(C)C(CN)c2ccccc2)cc1C. The van der Waals surface area contributed by atoms with Gasteiger partial charge in [0.1, 0.15) is 0 Å². The number of nitrogens with two attached hydrogens (primary N) is 1. The first kappa shape index (κ1) is 14.8. The van der Waals surface area contributed by atoms with Crippen LogP contribution in [-0.2, 0) is 6.54 Å². The fraction of sp³-hybridized carbons (Fsp3) is 0.333. The van der Waals surface area contributed by atoms with Crippen molar-refractivity contribution in [2.75, 3.05) is 13.6 Å². The molecule has 0 aromatic heterocycles. The van der Waals surface area contributed by atoms with Crippen molar-refractivity contribution >= 4 is 0 Å². The number of hydrogen-bond donors (Lipinski definition) is 1. The van der Waals surface area contributed by atoms with E-state index in [-0.39, 0.29) is 6.04 Å². The molecule has 0 fully saturated rings. The van der Waals surface area contributed by atoms with Crippen LogP contribution in [0.15, 0.2) is 48.5 Å². The lowest BCUT2D eigenvalue weighted by Gasteiger charge is -2.27. The Bertz CT molecular complexity index is 549. The maximum absolute atomic E-state index is 5.97. The largest absolute Gasteiger partial charge is 0.329 e. The lowest BCUT2D eigenvalue weighted by Crippen LogP contribution is -2.30. The fourth-order valence-corrected chi connectivity index (χ4v) is 2.55. The van der Waals surface area contributed by atoms with Crippen LogP contribution in [0.2, 0.25) is 0 Å². The monoisotopic (exact) mass is 268 g/mol. The van der Waals surface area contributed by atoms with E-state index >= 15 is 0 Å². The molecule has 0 heterocycles. The van der Waals surface area contributed by atoms with Crippen molar-refractivity contribution in [2.24, 2.45) is 5.73 Å². The summed E-state index contributed by atoms with van der Waals surface area (Å²) in [6.07, 6.45) is 0. The zero-order valence-corrected chi connectivity index (χ0v) is 12.6. The molecule has 0 saturated heterocycles. The van der Waals surface area contributed by atoms with Crippen LogP contribution in [-0.4, -0.2) is 18.5 Å². The molecular formula is C18H24N2. The molecule has 2 N–H and O–H groups in total. The number of nitrogens with zero attached hydrogens (tertiary/aromatic N) is 1. The average Bonchev–Trinajstić information content (AvgIpc) is 2.45. The first-order valence-corrected chi connectivity index (χ1v) is 7.13. The number of benzene rings is 2. The summed E-state index contributed by atoms with van der Waals surface area (Å²) in [5, 5.41) is 0. The predicted octanol–water partition coefficient (Wildman–Crippen LogP) is 3.44. The Hall–Kier alpha value is -1.64. The molecule has 0 bridgehead atoms. The first-order chi connectivity index (χ1) is 9.61. The number of aryl methyl sites for hydroxylation is 2. The van der Waals surface area contributed by atoms with Gasteiger partial charge in [0.15, 0.2) is 0 Å². The van der Waals surface area contributed by atoms with Gasteiger partial charge in [-0.15, -0.1) is 0 Å². The highest BCUT2D eigenvalue weighted by Crippen LogP contribution is 2.20. The van der Waals surface area contributed by atoms with Crippen molar-refractivity contribution in [3.8, 4) is 0 Å². The molecule has 106 valence electrons. The van der Waals surface area contributed by atoms with Crippen LogP contribution in [0, 0.1) is 13.8 Å². The predicted molar refractivity (Wildman–Crippen MR) is 85.6 cm³/mol. The molecule has 2 aromatic rings. The Morgan fingerprint density at radius 1 is 1.00 bits per heavy atom. The van der Waals surface area contributed by atoms with Crippen molar-refractivity contribution in [1.29, 1.82) is 0 Å². The quantitative estimate of drug-likeness (QED) is 0.900. The molecule has 2 aromatic carbocycles. The van der Waals surface area contributed by atoms with Crippen LogP contribution in [0.5, 0.6) is 0 Å². The highest BCUT2D eigenvalue weighted by Gasteiger charge is 2.15. The van der Waals surface area contributed by atoms with Crippen molar-refractivity contribution < 1.29 is 0 Å². The first-order valence-electron chi connectivity index (χ1n) is 7.13. The summed E-state index contributed by atoms with van der Waals surface area (Å²) in [5.74, 6) is 0. The third kappa shape index (κ3) is 3.47. The zero-order valence-electron chi connectivity index (χ0n) is 12.6. The van der Waals surface area contributed by atoms with E-state index in [2.05, 4.69) is 68.3 Å². The molecule has 1 unspecified atom stereocenters. The summed E-state index contributed by atoms with van der Waals surface area (Å²) in [7, 11) is 2.14. The van der Waals surface area contributed by atoms with E-state index in [4.69, 9.17) is 5.73 Å². The van der Waals surface area contributed by atoms with Gasteiger partial charge in [0, 0.05) is 19.1 Å². The third-order valence-corrected chi connectivity index (χ3v) is 3.94. The van der Waals surface area contributed by atoms with Gasteiger partial charge in [-0.1, -0.05) is 48.5 Å². The Morgan fingerprint density at radius 3 is 2.30 bits per heavy atom. The van der Waals surface area contributed by atoms with Crippen molar-refractivity contribution in [2.45, 2.75) is 26.4 Å². The van der Waals surface area contributed by atoms with Crippen LogP contribution in [0.1, 0.15) is 28.3 Å². The van der Waals surface area contributed by atoms with Gasteiger partial charge in [-0.2, -0.15) is 0 Å². The molecular weight excluding hydrogens is 244 g/mol. The topological polar surface area (TPSA) is 29.3 Å². The Kier molecular flexibility index (Phi) is 4.94. The van der Waals surface area contributed by atoms with Gasteiger partial charge < -0.3 is 5.73 Å². The summed E-state index contributed by atoms with van der Waals surface area (Å²) in [6.45, 7) is 5.86. The van der Waals surface area contributed by atoms with E-state index in [9.17, 15) is 0 Å². The minimum absolute atomic E-state index is 0.262. The zero-order chi connectivity index (χ0) is 14.5. The van der Waals surface area contributed by atoms with E-state index < -0.39 is 0 Å². The van der Waals surface area contributed by atoms with Crippen LogP contribution < -0.4 is 5.73 Å². The molecule has 0 radical (unpaired) electrons. The van der Waals surface area contributed by atoms with E-state index in [1.54, 1.807) is 0 Å². The van der Waals surface area contributed by atoms with E-state index in [0.717, 1.165) is 6.54 Å². The van der Waals surface area contributed by atoms with Crippen LogP contribution in [0.25, 0.3) is 0 Å². The maximum atomic E-state index is 5.97. The van der Waals surface area contributed by atoms with Crippen molar-refractivity contribution in [1.82, 2.24) is 4.90 Å². The summed E-state index contributed by atoms with van der Waals surface area (Å²) in [4.78, 5) is 2.32. The number of rotatable bonds is 5. The molecule has 20 heavy (non-hydrogen) atoms. The minimum atomic E-state index is 0.262. The molecule has 2 nitrogen and oxygen atoms in total. The highest BCUT2D eigenvalue weighted by atomic mass is 15.1. The standard InChI is InChI=1S/C18H24N2/c1-14-9-10-16(11-15(14)2)13-20(3)18(12-19)17-7-5-4-6-8-17/h4-11,18H,12-13,19H2,1-3H3. The van der Waals surface area contributed by atoms with Crippen LogP contribution in [0.3, 0.4) is 0 Å². The van der Waals surface area contributed by atoms with Gasteiger partial charge in [-0.3, -0.25) is 4.90 Å². The molecule has 0 aliphatic heterocycles. The van der Waals surface area contributed by atoms with E-state index in [1.165, 1.54) is 22.3 Å². The molecule has 0 saturated carbocycles. The van der Waals surface area contributed by atoms with Crippen molar-refractivity contribution in [3.63, 3.8) is 0 Å². The molecule has 0 aliphatic carbocycles. The second kappa shape index (κ2) is 6.69. The highest BCUT2D eigenvalue weighted by molar-refractivity contribution is 5.30. The van der Waals surface area contributed by atoms with Gasteiger partial charge in [0.25, 0.3) is 0 Å². The molecule has 0 amide bonds. The second-order valence-corrected chi connectivity index (χ2v) is 5.50. The number of likely N-dealkylation sites (N-methyl/N-ethyl adjacent to an activating group) is 1. The number of hydrogen-bond acceptors (Lipinski definition) is 2. The maximum Gasteiger partial charge on any atom is 0.0470 e.